The van der Waals surface area contributed by atoms with E-state index >= 15 is 0 Å². The zero-order valence-corrected chi connectivity index (χ0v) is 12.6. The lowest BCUT2D eigenvalue weighted by atomic mass is 10.1. The van der Waals surface area contributed by atoms with Gasteiger partial charge in [0.15, 0.2) is 0 Å². The monoisotopic (exact) mass is 277 g/mol. The van der Waals surface area contributed by atoms with Crippen LogP contribution in [0.1, 0.15) is 39.7 Å². The molecule has 0 aliphatic rings. The normalized spacial score (nSPS) is 12.6. The molecule has 0 saturated heterocycles. The zero-order valence-electron chi connectivity index (χ0n) is 12.6. The summed E-state index contributed by atoms with van der Waals surface area (Å²) in [6.07, 6.45) is 0.773. The smallest absolute Gasteiger partial charge is 0.329 e. The third kappa shape index (κ3) is 5.87. The van der Waals surface area contributed by atoms with Gasteiger partial charge in [-0.05, 0) is 26.3 Å². The van der Waals surface area contributed by atoms with E-state index in [1.807, 2.05) is 51.1 Å². The third-order valence-electron chi connectivity index (χ3n) is 2.63. The number of benzene rings is 1. The van der Waals surface area contributed by atoms with Crippen LogP contribution in [0.15, 0.2) is 30.3 Å². The van der Waals surface area contributed by atoms with Crippen LogP contribution in [0.2, 0.25) is 0 Å². The molecule has 1 rings (SSSR count). The van der Waals surface area contributed by atoms with Crippen LogP contribution in [0.5, 0.6) is 0 Å². The Morgan fingerprint density at radius 2 is 1.80 bits per heavy atom. The average Bonchev–Trinajstić information content (AvgIpc) is 2.37. The Morgan fingerprint density at radius 1 is 1.20 bits per heavy atom. The van der Waals surface area contributed by atoms with Gasteiger partial charge in [0.25, 0.3) is 0 Å². The quantitative estimate of drug-likeness (QED) is 0.841. The first-order valence-electron chi connectivity index (χ1n) is 6.88. The van der Waals surface area contributed by atoms with Gasteiger partial charge >= 0.3 is 5.97 Å². The van der Waals surface area contributed by atoms with Crippen LogP contribution in [0.25, 0.3) is 0 Å². The van der Waals surface area contributed by atoms with Crippen molar-refractivity contribution >= 4 is 11.9 Å². The van der Waals surface area contributed by atoms with E-state index in [1.165, 1.54) is 0 Å². The summed E-state index contributed by atoms with van der Waals surface area (Å²) in [6, 6.07) is 8.93. The van der Waals surface area contributed by atoms with Gasteiger partial charge in [0, 0.05) is 12.8 Å². The third-order valence-corrected chi connectivity index (χ3v) is 2.63. The highest BCUT2D eigenvalue weighted by atomic mass is 16.6. The second-order valence-electron chi connectivity index (χ2n) is 5.70. The second kappa shape index (κ2) is 7.08. The second-order valence-corrected chi connectivity index (χ2v) is 5.70. The summed E-state index contributed by atoms with van der Waals surface area (Å²) >= 11 is 0. The average molecular weight is 277 g/mol. The molecule has 1 N–H and O–H groups in total. The molecule has 0 bridgehead atoms. The summed E-state index contributed by atoms with van der Waals surface area (Å²) < 4.78 is 5.36. The van der Waals surface area contributed by atoms with Crippen LogP contribution in [-0.2, 0) is 20.7 Å². The molecule has 1 aromatic carbocycles. The van der Waals surface area contributed by atoms with Gasteiger partial charge in [-0.15, -0.1) is 0 Å². The minimum Gasteiger partial charge on any atom is -0.458 e. The molecule has 20 heavy (non-hydrogen) atoms. The highest BCUT2D eigenvalue weighted by molar-refractivity contribution is 5.84. The van der Waals surface area contributed by atoms with Gasteiger partial charge in [0.1, 0.15) is 11.6 Å². The van der Waals surface area contributed by atoms with Crippen LogP contribution in [0, 0.1) is 0 Å². The van der Waals surface area contributed by atoms with E-state index in [1.54, 1.807) is 6.92 Å². The van der Waals surface area contributed by atoms with E-state index in [9.17, 15) is 9.59 Å². The first kappa shape index (κ1) is 16.2. The van der Waals surface area contributed by atoms with Gasteiger partial charge in [-0.25, -0.2) is 4.79 Å². The topological polar surface area (TPSA) is 55.4 Å². The summed E-state index contributed by atoms with van der Waals surface area (Å²) in [7, 11) is 0. The molecule has 0 saturated carbocycles. The van der Waals surface area contributed by atoms with E-state index in [-0.39, 0.29) is 5.91 Å². The predicted molar refractivity (Wildman–Crippen MR) is 78.2 cm³/mol. The van der Waals surface area contributed by atoms with Crippen molar-refractivity contribution in [2.45, 2.75) is 52.2 Å². The lowest BCUT2D eigenvalue weighted by Crippen LogP contribution is -2.45. The van der Waals surface area contributed by atoms with E-state index in [2.05, 4.69) is 5.32 Å². The van der Waals surface area contributed by atoms with Crippen molar-refractivity contribution < 1.29 is 14.3 Å². The number of amides is 1. The molecule has 0 fully saturated rings. The maximum Gasteiger partial charge on any atom is 0.329 e. The molecule has 110 valence electrons. The number of hydrogen-bond acceptors (Lipinski definition) is 3. The predicted octanol–water partition coefficient (Wildman–Crippen LogP) is 2.47. The molecule has 0 unspecified atom stereocenters. The fraction of sp³-hybridized carbons (Fsp3) is 0.500. The summed E-state index contributed by atoms with van der Waals surface area (Å²) in [5, 5.41) is 2.72. The van der Waals surface area contributed by atoms with E-state index < -0.39 is 17.6 Å². The highest BCUT2D eigenvalue weighted by Crippen LogP contribution is 2.11. The number of carbonyl (C=O) groups excluding carboxylic acids is 2. The van der Waals surface area contributed by atoms with E-state index in [0.29, 0.717) is 12.8 Å². The van der Waals surface area contributed by atoms with Gasteiger partial charge in [-0.1, -0.05) is 37.3 Å². The fourth-order valence-corrected chi connectivity index (χ4v) is 1.71. The van der Waals surface area contributed by atoms with Crippen LogP contribution in [-0.4, -0.2) is 23.5 Å². The van der Waals surface area contributed by atoms with Crippen molar-refractivity contribution in [1.29, 1.82) is 0 Å². The summed E-state index contributed by atoms with van der Waals surface area (Å²) in [4.78, 5) is 23.7. The number of esters is 1. The SMILES string of the molecule is CCC(=O)N[C@@H](Cc1ccccc1)C(=O)OC(C)(C)C. The summed E-state index contributed by atoms with van der Waals surface area (Å²) in [6.45, 7) is 7.19. The Morgan fingerprint density at radius 3 is 2.30 bits per heavy atom. The molecule has 0 aliphatic heterocycles. The number of carbonyl (C=O) groups is 2. The van der Waals surface area contributed by atoms with Gasteiger partial charge in [0.05, 0.1) is 0 Å². The minimum absolute atomic E-state index is 0.156. The van der Waals surface area contributed by atoms with Gasteiger partial charge in [-0.2, -0.15) is 0 Å². The van der Waals surface area contributed by atoms with Gasteiger partial charge in [-0.3, -0.25) is 4.79 Å². The van der Waals surface area contributed by atoms with E-state index in [0.717, 1.165) is 5.56 Å². The van der Waals surface area contributed by atoms with Gasteiger partial charge < -0.3 is 10.1 Å². The number of rotatable bonds is 5. The van der Waals surface area contributed by atoms with Crippen molar-refractivity contribution in [3.05, 3.63) is 35.9 Å². The van der Waals surface area contributed by atoms with Crippen LogP contribution in [0.4, 0.5) is 0 Å². The lowest BCUT2D eigenvalue weighted by Gasteiger charge is -2.24. The number of ether oxygens (including phenoxy) is 1. The van der Waals surface area contributed by atoms with Crippen LogP contribution >= 0.6 is 0 Å². The largest absolute Gasteiger partial charge is 0.458 e. The Balaban J connectivity index is 2.79. The molecule has 4 nitrogen and oxygen atoms in total. The fourth-order valence-electron chi connectivity index (χ4n) is 1.71. The highest BCUT2D eigenvalue weighted by Gasteiger charge is 2.26. The Labute approximate surface area is 120 Å². The summed E-state index contributed by atoms with van der Waals surface area (Å²) in [5.41, 5.74) is 0.419. The first-order chi connectivity index (χ1) is 9.31. The molecular formula is C16H23NO3. The van der Waals surface area contributed by atoms with Crippen molar-refractivity contribution in [2.24, 2.45) is 0 Å². The zero-order chi connectivity index (χ0) is 15.2. The molecular weight excluding hydrogens is 254 g/mol. The first-order valence-corrected chi connectivity index (χ1v) is 6.88. The van der Waals surface area contributed by atoms with Crippen molar-refractivity contribution in [3.8, 4) is 0 Å². The molecule has 0 radical (unpaired) electrons. The molecule has 1 aromatic rings. The Bertz CT molecular complexity index is 449. The molecule has 0 spiro atoms. The Kier molecular flexibility index (Phi) is 5.74. The van der Waals surface area contributed by atoms with Crippen molar-refractivity contribution in [3.63, 3.8) is 0 Å². The van der Waals surface area contributed by atoms with Gasteiger partial charge in [0.2, 0.25) is 5.91 Å². The summed E-state index contributed by atoms with van der Waals surface area (Å²) in [5.74, 6) is -0.556. The molecule has 1 atom stereocenters. The minimum atomic E-state index is -0.649. The molecule has 0 heterocycles. The standard InChI is InChI=1S/C16H23NO3/c1-5-14(18)17-13(15(19)20-16(2,3)4)11-12-9-7-6-8-10-12/h6-10,13H,5,11H2,1-4H3,(H,17,18)/t13-/m0/s1. The number of nitrogens with one attached hydrogen (secondary N) is 1. The van der Waals surface area contributed by atoms with Crippen LogP contribution in [0.3, 0.4) is 0 Å². The molecule has 0 aliphatic carbocycles. The molecule has 4 heteroatoms. The molecule has 1 amide bonds. The van der Waals surface area contributed by atoms with Crippen LogP contribution < -0.4 is 5.32 Å². The number of hydrogen-bond donors (Lipinski definition) is 1. The van der Waals surface area contributed by atoms with E-state index in [4.69, 9.17) is 4.74 Å². The van der Waals surface area contributed by atoms with Crippen molar-refractivity contribution in [1.82, 2.24) is 5.32 Å². The molecule has 0 aromatic heterocycles. The maximum absolute atomic E-state index is 12.2. The van der Waals surface area contributed by atoms with Crippen molar-refractivity contribution in [2.75, 3.05) is 0 Å². The lowest BCUT2D eigenvalue weighted by molar-refractivity contribution is -0.158. The maximum atomic E-state index is 12.2. The Hall–Kier alpha value is -1.84.